The van der Waals surface area contributed by atoms with E-state index < -0.39 is 0 Å². The van der Waals surface area contributed by atoms with Gasteiger partial charge in [0.25, 0.3) is 0 Å². The van der Waals surface area contributed by atoms with Crippen molar-refractivity contribution in [2.24, 2.45) is 0 Å². The summed E-state index contributed by atoms with van der Waals surface area (Å²) in [6.07, 6.45) is 1.94. The Morgan fingerprint density at radius 1 is 0.583 bits per heavy atom. The van der Waals surface area contributed by atoms with Crippen LogP contribution in [0.15, 0.2) is 128 Å². The molecule has 5 aromatic carbocycles. The van der Waals surface area contributed by atoms with Gasteiger partial charge in [0, 0.05) is 42.8 Å². The van der Waals surface area contributed by atoms with Crippen LogP contribution >= 0.6 is 0 Å². The van der Waals surface area contributed by atoms with E-state index in [1.54, 1.807) is 0 Å². The molecular formula is C33H21IrN2-. The summed E-state index contributed by atoms with van der Waals surface area (Å²) in [5.41, 5.74) is 7.88. The normalized spacial score (nSPS) is 11.1. The topological polar surface area (TPSA) is 17.8 Å². The van der Waals surface area contributed by atoms with Crippen LogP contribution in [0, 0.1) is 6.07 Å². The minimum absolute atomic E-state index is 0. The number of rotatable bonds is 3. The largest absolute Gasteiger partial charge is 0.309 e. The van der Waals surface area contributed by atoms with Crippen LogP contribution < -0.4 is 0 Å². The molecule has 2 heterocycles. The summed E-state index contributed by atoms with van der Waals surface area (Å²) in [4.78, 5) is 4.71. The molecule has 7 rings (SSSR count). The van der Waals surface area contributed by atoms with E-state index in [1.807, 2.05) is 18.3 Å². The monoisotopic (exact) mass is 638 g/mol. The summed E-state index contributed by atoms with van der Waals surface area (Å²) >= 11 is 0. The average Bonchev–Trinajstić information content (AvgIpc) is 3.27. The molecule has 2 aromatic heterocycles. The van der Waals surface area contributed by atoms with Crippen molar-refractivity contribution in [2.45, 2.75) is 0 Å². The van der Waals surface area contributed by atoms with Crippen LogP contribution in [0.5, 0.6) is 0 Å². The molecule has 0 fully saturated rings. The maximum Gasteiger partial charge on any atom is 0.0541 e. The van der Waals surface area contributed by atoms with Crippen LogP contribution in [-0.2, 0) is 20.1 Å². The Labute approximate surface area is 223 Å². The molecular weight excluding hydrogens is 617 g/mol. The van der Waals surface area contributed by atoms with Crippen LogP contribution in [0.25, 0.3) is 60.6 Å². The molecule has 0 aliphatic rings. The van der Waals surface area contributed by atoms with Gasteiger partial charge in [-0.2, -0.15) is 0 Å². The van der Waals surface area contributed by atoms with Crippen molar-refractivity contribution in [2.75, 3.05) is 0 Å². The van der Waals surface area contributed by atoms with Gasteiger partial charge >= 0.3 is 0 Å². The van der Waals surface area contributed by atoms with Gasteiger partial charge in [0.15, 0.2) is 0 Å². The molecule has 0 unspecified atom stereocenters. The average molecular weight is 638 g/mol. The molecule has 0 aliphatic heterocycles. The van der Waals surface area contributed by atoms with Crippen molar-refractivity contribution in [3.63, 3.8) is 0 Å². The van der Waals surface area contributed by atoms with Gasteiger partial charge in [-0.05, 0) is 52.4 Å². The van der Waals surface area contributed by atoms with Crippen molar-refractivity contribution in [3.05, 3.63) is 134 Å². The van der Waals surface area contributed by atoms with Crippen molar-refractivity contribution in [1.29, 1.82) is 0 Å². The second kappa shape index (κ2) is 9.20. The number of aromatic nitrogens is 2. The first-order chi connectivity index (χ1) is 17.3. The van der Waals surface area contributed by atoms with Crippen LogP contribution in [0.1, 0.15) is 0 Å². The Hall–Kier alpha value is -4.04. The fraction of sp³-hybridized carbons (Fsp3) is 0. The van der Waals surface area contributed by atoms with Gasteiger partial charge in [0.05, 0.1) is 11.0 Å². The molecule has 0 amide bonds. The number of benzene rings is 5. The number of hydrogen-bond acceptors (Lipinski definition) is 1. The minimum atomic E-state index is 0. The minimum Gasteiger partial charge on any atom is -0.309 e. The SMILES string of the molecule is [Ir].[c-]1ccc(-c2ccc3c(c2)c2ccccc2n3-c2ccccc2)cc1-c1cc2ccccc2cn1. The molecule has 36 heavy (non-hydrogen) atoms. The van der Waals surface area contributed by atoms with Crippen LogP contribution in [0.3, 0.4) is 0 Å². The van der Waals surface area contributed by atoms with Crippen molar-refractivity contribution in [3.8, 4) is 28.1 Å². The smallest absolute Gasteiger partial charge is 0.0541 e. The van der Waals surface area contributed by atoms with Gasteiger partial charge in [-0.1, -0.05) is 72.8 Å². The molecule has 0 saturated carbocycles. The van der Waals surface area contributed by atoms with Gasteiger partial charge in [-0.25, -0.2) is 0 Å². The molecule has 0 atom stereocenters. The number of para-hydroxylation sites is 2. The maximum absolute atomic E-state index is 4.71. The van der Waals surface area contributed by atoms with Crippen molar-refractivity contribution in [1.82, 2.24) is 9.55 Å². The number of nitrogens with zero attached hydrogens (tertiary/aromatic N) is 2. The Bertz CT molecular complexity index is 1850. The molecule has 3 heteroatoms. The van der Waals surface area contributed by atoms with E-state index >= 15 is 0 Å². The third kappa shape index (κ3) is 3.74. The fourth-order valence-electron chi connectivity index (χ4n) is 5.03. The van der Waals surface area contributed by atoms with E-state index in [-0.39, 0.29) is 20.1 Å². The summed E-state index contributed by atoms with van der Waals surface area (Å²) < 4.78 is 2.34. The van der Waals surface area contributed by atoms with Gasteiger partial charge in [0.1, 0.15) is 0 Å². The van der Waals surface area contributed by atoms with E-state index in [0.717, 1.165) is 22.2 Å². The first kappa shape index (κ1) is 22.4. The van der Waals surface area contributed by atoms with Crippen LogP contribution in [-0.4, -0.2) is 9.55 Å². The number of hydrogen-bond donors (Lipinski definition) is 0. The molecule has 2 nitrogen and oxygen atoms in total. The molecule has 7 aromatic rings. The quantitative estimate of drug-likeness (QED) is 0.178. The molecule has 0 N–H and O–H groups in total. The number of fused-ring (bicyclic) bond motifs is 4. The van der Waals surface area contributed by atoms with Crippen LogP contribution in [0.2, 0.25) is 0 Å². The summed E-state index contributed by atoms with van der Waals surface area (Å²) in [7, 11) is 0. The Kier molecular flexibility index (Phi) is 5.73. The number of pyridine rings is 1. The first-order valence-corrected chi connectivity index (χ1v) is 11.8. The summed E-state index contributed by atoms with van der Waals surface area (Å²) in [5.74, 6) is 0. The van der Waals surface area contributed by atoms with E-state index in [4.69, 9.17) is 4.98 Å². The first-order valence-electron chi connectivity index (χ1n) is 11.8. The Morgan fingerprint density at radius 2 is 1.31 bits per heavy atom. The molecule has 0 spiro atoms. The molecule has 0 bridgehead atoms. The van der Waals surface area contributed by atoms with Gasteiger partial charge in [0.2, 0.25) is 0 Å². The van der Waals surface area contributed by atoms with Crippen molar-refractivity contribution >= 4 is 32.6 Å². The van der Waals surface area contributed by atoms with Gasteiger partial charge < -0.3 is 9.55 Å². The van der Waals surface area contributed by atoms with E-state index in [1.165, 1.54) is 38.4 Å². The summed E-state index contributed by atoms with van der Waals surface area (Å²) in [6.45, 7) is 0. The molecule has 0 aliphatic carbocycles. The summed E-state index contributed by atoms with van der Waals surface area (Å²) in [5, 5.41) is 4.84. The zero-order valence-electron chi connectivity index (χ0n) is 19.4. The zero-order valence-corrected chi connectivity index (χ0v) is 21.7. The van der Waals surface area contributed by atoms with E-state index in [0.29, 0.717) is 0 Å². The third-order valence-corrected chi connectivity index (χ3v) is 6.73. The Balaban J connectivity index is 0.00000240. The van der Waals surface area contributed by atoms with E-state index in [2.05, 4.69) is 120 Å². The van der Waals surface area contributed by atoms with Gasteiger partial charge in [-0.15, -0.1) is 35.4 Å². The fourth-order valence-corrected chi connectivity index (χ4v) is 5.03. The molecule has 173 valence electrons. The maximum atomic E-state index is 4.71. The zero-order chi connectivity index (χ0) is 23.2. The second-order valence-electron chi connectivity index (χ2n) is 8.83. The molecule has 0 saturated heterocycles. The molecule has 1 radical (unpaired) electrons. The van der Waals surface area contributed by atoms with Crippen molar-refractivity contribution < 1.29 is 20.1 Å². The second-order valence-corrected chi connectivity index (χ2v) is 8.83. The predicted octanol–water partition coefficient (Wildman–Crippen LogP) is 8.46. The van der Waals surface area contributed by atoms with Gasteiger partial charge in [-0.3, -0.25) is 0 Å². The third-order valence-electron chi connectivity index (χ3n) is 6.73. The Morgan fingerprint density at radius 3 is 2.19 bits per heavy atom. The summed E-state index contributed by atoms with van der Waals surface area (Å²) in [6, 6.07) is 46.1. The predicted molar refractivity (Wildman–Crippen MR) is 146 cm³/mol. The van der Waals surface area contributed by atoms with E-state index in [9.17, 15) is 0 Å². The van der Waals surface area contributed by atoms with Crippen LogP contribution in [0.4, 0.5) is 0 Å². The standard InChI is InChI=1S/C33H21N2.Ir/c1-2-13-28(14-3-1)35-32-16-7-6-15-29(32)30-20-25(17-18-33(30)35)23-11-8-12-26(19-23)31-21-24-9-4-5-10-27(24)22-34-31;/h1-11,13-22H;/q-1;.